The smallest absolute Gasteiger partial charge is 0.246 e. The summed E-state index contributed by atoms with van der Waals surface area (Å²) >= 11 is 5.99. The van der Waals surface area contributed by atoms with Crippen molar-refractivity contribution < 1.29 is 9.59 Å². The van der Waals surface area contributed by atoms with Gasteiger partial charge in [-0.25, -0.2) is 0 Å². The Morgan fingerprint density at radius 3 is 2.90 bits per heavy atom. The molecule has 3 rings (SSSR count). The first-order valence-corrected chi connectivity index (χ1v) is 7.17. The lowest BCUT2D eigenvalue weighted by atomic mass is 10.0. The van der Waals surface area contributed by atoms with Crippen molar-refractivity contribution in [1.29, 1.82) is 0 Å². The highest BCUT2D eigenvalue weighted by atomic mass is 35.5. The van der Waals surface area contributed by atoms with Gasteiger partial charge < -0.3 is 10.6 Å². The van der Waals surface area contributed by atoms with Crippen LogP contribution in [0.1, 0.15) is 30.9 Å². The van der Waals surface area contributed by atoms with E-state index in [1.165, 1.54) is 0 Å². The van der Waals surface area contributed by atoms with E-state index in [-0.39, 0.29) is 17.9 Å². The van der Waals surface area contributed by atoms with Crippen LogP contribution in [0.25, 0.3) is 0 Å². The number of anilines is 1. The molecule has 0 saturated carbocycles. The number of carbonyl (C=O) groups excluding carboxylic acids is 2. The topological polar surface area (TPSA) is 70.2 Å². The fourth-order valence-electron chi connectivity index (χ4n) is 2.70. The molecular formula is C14H16ClN3O2. The van der Waals surface area contributed by atoms with Gasteiger partial charge in [0.1, 0.15) is 6.04 Å². The number of benzene rings is 1. The maximum atomic E-state index is 12.1. The largest absolute Gasteiger partial charge is 0.355 e. The van der Waals surface area contributed by atoms with Gasteiger partial charge in [-0.2, -0.15) is 0 Å². The van der Waals surface area contributed by atoms with Crippen molar-refractivity contribution in [3.8, 4) is 0 Å². The van der Waals surface area contributed by atoms with Gasteiger partial charge in [0, 0.05) is 22.8 Å². The van der Waals surface area contributed by atoms with Gasteiger partial charge >= 0.3 is 0 Å². The Hall–Kier alpha value is -1.59. The molecule has 2 aliphatic heterocycles. The summed E-state index contributed by atoms with van der Waals surface area (Å²) < 4.78 is 0. The van der Waals surface area contributed by atoms with Crippen molar-refractivity contribution in [2.45, 2.75) is 31.3 Å². The van der Waals surface area contributed by atoms with Gasteiger partial charge in [-0.15, -0.1) is 0 Å². The molecule has 2 atom stereocenters. The molecule has 1 aromatic carbocycles. The Labute approximate surface area is 122 Å². The van der Waals surface area contributed by atoms with Gasteiger partial charge in [-0.05, 0) is 37.5 Å². The predicted octanol–water partition coefficient (Wildman–Crippen LogP) is 1.59. The Bertz CT molecular complexity index is 561. The van der Waals surface area contributed by atoms with Crippen LogP contribution < -0.4 is 16.0 Å². The van der Waals surface area contributed by atoms with Crippen molar-refractivity contribution >= 4 is 29.1 Å². The van der Waals surface area contributed by atoms with E-state index in [9.17, 15) is 9.59 Å². The number of hydrogen-bond donors (Lipinski definition) is 3. The second-order valence-electron chi connectivity index (χ2n) is 5.16. The lowest BCUT2D eigenvalue weighted by Gasteiger charge is -2.19. The van der Waals surface area contributed by atoms with Crippen LogP contribution in [-0.4, -0.2) is 24.4 Å². The third kappa shape index (κ3) is 2.51. The number of amides is 2. The van der Waals surface area contributed by atoms with Crippen molar-refractivity contribution in [2.75, 3.05) is 11.9 Å². The molecule has 2 heterocycles. The maximum absolute atomic E-state index is 12.1. The van der Waals surface area contributed by atoms with Crippen molar-refractivity contribution in [2.24, 2.45) is 0 Å². The molecule has 20 heavy (non-hydrogen) atoms. The second-order valence-corrected chi connectivity index (χ2v) is 5.60. The summed E-state index contributed by atoms with van der Waals surface area (Å²) in [7, 11) is 0. The summed E-state index contributed by atoms with van der Waals surface area (Å²) in [4.78, 5) is 24.0. The maximum Gasteiger partial charge on any atom is 0.246 e. The van der Waals surface area contributed by atoms with E-state index < -0.39 is 6.04 Å². The molecule has 1 aromatic rings. The van der Waals surface area contributed by atoms with Crippen molar-refractivity contribution in [3.05, 3.63) is 28.8 Å². The monoisotopic (exact) mass is 293 g/mol. The molecule has 2 unspecified atom stereocenters. The first kappa shape index (κ1) is 13.4. The third-order valence-corrected chi connectivity index (χ3v) is 3.98. The second kappa shape index (κ2) is 5.42. The first-order chi connectivity index (χ1) is 9.65. The standard InChI is InChI=1S/C14H16ClN3O2/c15-8-4-5-10-9(7-8)12(14(20)18-10)17-11-3-1-2-6-16-13(11)19/h4-5,7,11-12,17H,1-3,6H2,(H,16,19)(H,18,20). The highest BCUT2D eigenvalue weighted by molar-refractivity contribution is 6.31. The van der Waals surface area contributed by atoms with Gasteiger partial charge in [-0.1, -0.05) is 11.6 Å². The molecule has 2 amide bonds. The zero-order valence-electron chi connectivity index (χ0n) is 10.9. The van der Waals surface area contributed by atoms with E-state index in [1.807, 2.05) is 0 Å². The number of nitrogens with one attached hydrogen (secondary N) is 3. The molecule has 0 bridgehead atoms. The molecule has 3 N–H and O–H groups in total. The van der Waals surface area contributed by atoms with Crippen molar-refractivity contribution in [1.82, 2.24) is 10.6 Å². The summed E-state index contributed by atoms with van der Waals surface area (Å²) in [6, 6.07) is 4.43. The van der Waals surface area contributed by atoms with Crippen LogP contribution in [0, 0.1) is 0 Å². The molecule has 1 fully saturated rings. The minimum Gasteiger partial charge on any atom is -0.355 e. The van der Waals surface area contributed by atoms with Crippen LogP contribution in [0.4, 0.5) is 5.69 Å². The molecule has 0 aromatic heterocycles. The van der Waals surface area contributed by atoms with Gasteiger partial charge in [0.2, 0.25) is 11.8 Å². The summed E-state index contributed by atoms with van der Waals surface area (Å²) in [6.45, 7) is 0.705. The summed E-state index contributed by atoms with van der Waals surface area (Å²) in [5, 5.41) is 9.40. The number of rotatable bonds is 2. The third-order valence-electron chi connectivity index (χ3n) is 3.75. The summed E-state index contributed by atoms with van der Waals surface area (Å²) in [5.41, 5.74) is 1.56. The van der Waals surface area contributed by atoms with E-state index in [0.717, 1.165) is 30.5 Å². The molecule has 6 heteroatoms. The molecule has 1 saturated heterocycles. The van der Waals surface area contributed by atoms with Crippen molar-refractivity contribution in [3.63, 3.8) is 0 Å². The van der Waals surface area contributed by atoms with Crippen LogP contribution in [0.15, 0.2) is 18.2 Å². The van der Waals surface area contributed by atoms with Crippen LogP contribution in [0.3, 0.4) is 0 Å². The summed E-state index contributed by atoms with van der Waals surface area (Å²) in [6.07, 6.45) is 2.68. The minimum absolute atomic E-state index is 0.0363. The first-order valence-electron chi connectivity index (χ1n) is 6.79. The van der Waals surface area contributed by atoms with Gasteiger partial charge in [0.15, 0.2) is 0 Å². The van der Waals surface area contributed by atoms with Gasteiger partial charge in [0.25, 0.3) is 0 Å². The average Bonchev–Trinajstić information content (AvgIpc) is 2.58. The van der Waals surface area contributed by atoms with E-state index >= 15 is 0 Å². The van der Waals surface area contributed by atoms with Crippen LogP contribution in [-0.2, 0) is 9.59 Å². The molecular weight excluding hydrogens is 278 g/mol. The fraction of sp³-hybridized carbons (Fsp3) is 0.429. The number of fused-ring (bicyclic) bond motifs is 1. The lowest BCUT2D eigenvalue weighted by molar-refractivity contribution is -0.123. The Balaban J connectivity index is 1.82. The average molecular weight is 294 g/mol. The van der Waals surface area contributed by atoms with E-state index in [1.54, 1.807) is 18.2 Å². The molecule has 106 valence electrons. The normalized spacial score (nSPS) is 25.6. The van der Waals surface area contributed by atoms with E-state index in [4.69, 9.17) is 11.6 Å². The Morgan fingerprint density at radius 1 is 1.20 bits per heavy atom. The highest BCUT2D eigenvalue weighted by Gasteiger charge is 2.34. The molecule has 5 nitrogen and oxygen atoms in total. The van der Waals surface area contributed by atoms with Gasteiger partial charge in [0.05, 0.1) is 6.04 Å². The Morgan fingerprint density at radius 2 is 2.05 bits per heavy atom. The van der Waals surface area contributed by atoms with E-state index in [2.05, 4.69) is 16.0 Å². The quantitative estimate of drug-likeness (QED) is 0.775. The molecule has 2 aliphatic rings. The molecule has 0 spiro atoms. The lowest BCUT2D eigenvalue weighted by Crippen LogP contribution is -2.45. The predicted molar refractivity (Wildman–Crippen MR) is 76.6 cm³/mol. The van der Waals surface area contributed by atoms with Gasteiger partial charge in [-0.3, -0.25) is 14.9 Å². The molecule has 0 radical (unpaired) electrons. The number of carbonyl (C=O) groups is 2. The number of hydrogen-bond acceptors (Lipinski definition) is 3. The molecule has 0 aliphatic carbocycles. The van der Waals surface area contributed by atoms with Crippen LogP contribution in [0.2, 0.25) is 5.02 Å². The minimum atomic E-state index is -0.516. The Kier molecular flexibility index (Phi) is 3.63. The van der Waals surface area contributed by atoms with Crippen LogP contribution in [0.5, 0.6) is 0 Å². The number of halogens is 1. The fourth-order valence-corrected chi connectivity index (χ4v) is 2.88. The zero-order chi connectivity index (χ0) is 14.1. The van der Waals surface area contributed by atoms with Crippen LogP contribution >= 0.6 is 11.6 Å². The SMILES string of the molecule is O=C1NCCCCC1NC1C(=O)Nc2ccc(Cl)cc21. The van der Waals surface area contributed by atoms with E-state index in [0.29, 0.717) is 11.6 Å². The zero-order valence-corrected chi connectivity index (χ0v) is 11.7. The summed E-state index contributed by atoms with van der Waals surface area (Å²) in [5.74, 6) is -0.176. The highest BCUT2D eigenvalue weighted by Crippen LogP contribution is 2.33.